The van der Waals surface area contributed by atoms with E-state index < -0.39 is 6.10 Å². The molecule has 5 heteroatoms. The molecule has 0 aliphatic heterocycles. The lowest BCUT2D eigenvalue weighted by Crippen LogP contribution is -2.39. The van der Waals surface area contributed by atoms with Crippen LogP contribution in [-0.2, 0) is 10.5 Å². The molecule has 0 aliphatic rings. The van der Waals surface area contributed by atoms with Gasteiger partial charge in [0.2, 0.25) is 0 Å². The minimum atomic E-state index is -0.521. The number of hydrogen-bond acceptors (Lipinski definition) is 4. The van der Waals surface area contributed by atoms with Crippen LogP contribution in [0.1, 0.15) is 24.5 Å². The maximum Gasteiger partial charge on any atom is 0.261 e. The summed E-state index contributed by atoms with van der Waals surface area (Å²) in [6.45, 7) is 4.69. The molecule has 4 nitrogen and oxygen atoms in total. The number of aryl methyl sites for hydroxylation is 1. The number of rotatable bonds is 10. The van der Waals surface area contributed by atoms with Gasteiger partial charge in [0.1, 0.15) is 0 Å². The fourth-order valence-corrected chi connectivity index (χ4v) is 3.44. The van der Waals surface area contributed by atoms with E-state index in [1.54, 1.807) is 7.11 Å². The van der Waals surface area contributed by atoms with E-state index in [-0.39, 0.29) is 5.91 Å². The van der Waals surface area contributed by atoms with Crippen LogP contribution in [0.25, 0.3) is 0 Å². The number of thioether (sulfide) groups is 1. The average molecular weight is 374 g/mol. The molecule has 0 saturated carbocycles. The van der Waals surface area contributed by atoms with Gasteiger partial charge < -0.3 is 14.8 Å². The minimum Gasteiger partial charge on any atom is -0.493 e. The Morgan fingerprint density at radius 2 is 1.81 bits per heavy atom. The molecule has 0 aromatic heterocycles. The second-order valence-electron chi connectivity index (χ2n) is 5.94. The van der Waals surface area contributed by atoms with E-state index in [9.17, 15) is 4.79 Å². The predicted molar refractivity (Wildman–Crippen MR) is 108 cm³/mol. The molecule has 1 N–H and O–H groups in total. The molecule has 2 rings (SSSR count). The first-order valence-corrected chi connectivity index (χ1v) is 10.0. The average Bonchev–Trinajstić information content (AvgIpc) is 2.67. The van der Waals surface area contributed by atoms with Crippen molar-refractivity contribution >= 4 is 17.7 Å². The quantitative estimate of drug-likeness (QED) is 0.634. The fraction of sp³-hybridized carbons (Fsp3) is 0.381. The summed E-state index contributed by atoms with van der Waals surface area (Å²) in [5.74, 6) is 2.95. The Morgan fingerprint density at radius 1 is 1.12 bits per heavy atom. The van der Waals surface area contributed by atoms with Crippen molar-refractivity contribution in [1.82, 2.24) is 5.32 Å². The zero-order chi connectivity index (χ0) is 18.8. The van der Waals surface area contributed by atoms with Crippen molar-refractivity contribution in [3.05, 3.63) is 59.7 Å². The van der Waals surface area contributed by atoms with Gasteiger partial charge in [-0.25, -0.2) is 0 Å². The Morgan fingerprint density at radius 3 is 2.50 bits per heavy atom. The van der Waals surface area contributed by atoms with Gasteiger partial charge in [-0.05, 0) is 36.6 Å². The number of amides is 1. The number of benzene rings is 2. The molecule has 0 aliphatic carbocycles. The van der Waals surface area contributed by atoms with Crippen LogP contribution < -0.4 is 14.8 Å². The van der Waals surface area contributed by atoms with Crippen LogP contribution in [0.4, 0.5) is 0 Å². The number of nitrogens with one attached hydrogen (secondary N) is 1. The summed E-state index contributed by atoms with van der Waals surface area (Å²) in [4.78, 5) is 12.4. The van der Waals surface area contributed by atoms with E-state index in [0.29, 0.717) is 24.5 Å². The fourth-order valence-electron chi connectivity index (χ4n) is 2.51. The summed E-state index contributed by atoms with van der Waals surface area (Å²) in [5, 5.41) is 2.97. The van der Waals surface area contributed by atoms with E-state index >= 15 is 0 Å². The third-order valence-electron chi connectivity index (χ3n) is 4.07. The van der Waals surface area contributed by atoms with E-state index in [2.05, 4.69) is 36.5 Å². The summed E-state index contributed by atoms with van der Waals surface area (Å²) in [6, 6.07) is 15.8. The van der Waals surface area contributed by atoms with Gasteiger partial charge in [-0.3, -0.25) is 4.79 Å². The van der Waals surface area contributed by atoms with E-state index in [1.165, 1.54) is 11.1 Å². The summed E-state index contributed by atoms with van der Waals surface area (Å²) in [7, 11) is 1.59. The number of ether oxygens (including phenoxy) is 2. The van der Waals surface area contributed by atoms with E-state index in [1.807, 2.05) is 43.0 Å². The zero-order valence-electron chi connectivity index (χ0n) is 15.7. The van der Waals surface area contributed by atoms with Gasteiger partial charge in [0.05, 0.1) is 7.11 Å². The van der Waals surface area contributed by atoms with Crippen molar-refractivity contribution < 1.29 is 14.3 Å². The van der Waals surface area contributed by atoms with Crippen molar-refractivity contribution in [2.45, 2.75) is 32.1 Å². The van der Waals surface area contributed by atoms with Gasteiger partial charge in [0.25, 0.3) is 5.91 Å². The molecule has 1 atom stereocenters. The highest BCUT2D eigenvalue weighted by Crippen LogP contribution is 2.27. The van der Waals surface area contributed by atoms with Crippen molar-refractivity contribution in [3.63, 3.8) is 0 Å². The number of carbonyl (C=O) groups excluding carboxylic acids is 1. The molecular weight excluding hydrogens is 346 g/mol. The maximum atomic E-state index is 12.4. The molecular formula is C21H27NO3S. The molecule has 2 aromatic carbocycles. The molecule has 0 unspecified atom stereocenters. The SMILES string of the molecule is CC[C@@H](Oc1ccccc1OC)C(=O)NCCSCc1ccccc1C. The lowest BCUT2D eigenvalue weighted by molar-refractivity contribution is -0.128. The number of para-hydroxylation sites is 2. The Bertz CT molecular complexity index is 705. The van der Waals surface area contributed by atoms with Crippen molar-refractivity contribution in [2.24, 2.45) is 0 Å². The number of methoxy groups -OCH3 is 1. The van der Waals surface area contributed by atoms with Crippen LogP contribution in [0.3, 0.4) is 0 Å². The molecule has 0 saturated heterocycles. The molecule has 26 heavy (non-hydrogen) atoms. The summed E-state index contributed by atoms with van der Waals surface area (Å²) < 4.78 is 11.1. The smallest absolute Gasteiger partial charge is 0.261 e. The normalized spacial score (nSPS) is 11.7. The highest BCUT2D eigenvalue weighted by atomic mass is 32.2. The third-order valence-corrected chi connectivity index (χ3v) is 5.07. The summed E-state index contributed by atoms with van der Waals surface area (Å²) >= 11 is 1.82. The molecule has 0 fully saturated rings. The monoisotopic (exact) mass is 373 g/mol. The van der Waals surface area contributed by atoms with Crippen LogP contribution >= 0.6 is 11.8 Å². The largest absolute Gasteiger partial charge is 0.493 e. The first-order valence-electron chi connectivity index (χ1n) is 8.85. The summed E-state index contributed by atoms with van der Waals surface area (Å²) in [5.41, 5.74) is 2.65. The van der Waals surface area contributed by atoms with Gasteiger partial charge in [-0.1, -0.05) is 43.3 Å². The van der Waals surface area contributed by atoms with Gasteiger partial charge in [-0.2, -0.15) is 11.8 Å². The van der Waals surface area contributed by atoms with Gasteiger partial charge in [0, 0.05) is 18.1 Å². The zero-order valence-corrected chi connectivity index (χ0v) is 16.5. The van der Waals surface area contributed by atoms with Crippen LogP contribution in [0.2, 0.25) is 0 Å². The third kappa shape index (κ3) is 5.99. The van der Waals surface area contributed by atoms with Crippen LogP contribution in [-0.4, -0.2) is 31.4 Å². The number of hydrogen-bond donors (Lipinski definition) is 1. The maximum absolute atomic E-state index is 12.4. The molecule has 140 valence electrons. The molecule has 0 spiro atoms. The lowest BCUT2D eigenvalue weighted by atomic mass is 10.1. The van der Waals surface area contributed by atoms with Crippen LogP contribution in [0, 0.1) is 6.92 Å². The molecule has 0 heterocycles. The second kappa shape index (κ2) is 10.8. The van der Waals surface area contributed by atoms with Gasteiger partial charge >= 0.3 is 0 Å². The van der Waals surface area contributed by atoms with Crippen LogP contribution in [0.5, 0.6) is 11.5 Å². The Hall–Kier alpha value is -2.14. The van der Waals surface area contributed by atoms with Gasteiger partial charge in [0.15, 0.2) is 17.6 Å². The predicted octanol–water partition coefficient (Wildman–Crippen LogP) is 4.21. The van der Waals surface area contributed by atoms with Gasteiger partial charge in [-0.15, -0.1) is 0 Å². The van der Waals surface area contributed by atoms with E-state index in [0.717, 1.165) is 11.5 Å². The Labute approximate surface area is 160 Å². The Balaban J connectivity index is 1.76. The summed E-state index contributed by atoms with van der Waals surface area (Å²) in [6.07, 6.45) is 0.0768. The molecule has 2 aromatic rings. The van der Waals surface area contributed by atoms with Crippen molar-refractivity contribution in [3.8, 4) is 11.5 Å². The van der Waals surface area contributed by atoms with E-state index in [4.69, 9.17) is 9.47 Å². The molecule has 1 amide bonds. The standard InChI is InChI=1S/C21H27NO3S/c1-4-18(25-20-12-8-7-11-19(20)24-3)21(23)22-13-14-26-15-17-10-6-5-9-16(17)2/h5-12,18H,4,13-15H2,1-3H3,(H,22,23)/t18-/m1/s1. The lowest BCUT2D eigenvalue weighted by Gasteiger charge is -2.18. The first-order chi connectivity index (χ1) is 12.7. The number of carbonyl (C=O) groups is 1. The minimum absolute atomic E-state index is 0.0881. The topological polar surface area (TPSA) is 47.6 Å². The Kier molecular flexibility index (Phi) is 8.35. The van der Waals surface area contributed by atoms with Crippen molar-refractivity contribution in [2.75, 3.05) is 19.4 Å². The first kappa shape index (κ1) is 20.2. The van der Waals surface area contributed by atoms with Crippen LogP contribution in [0.15, 0.2) is 48.5 Å². The van der Waals surface area contributed by atoms with Crippen molar-refractivity contribution in [1.29, 1.82) is 0 Å². The second-order valence-corrected chi connectivity index (χ2v) is 7.04. The molecule has 0 radical (unpaired) electrons. The molecule has 0 bridgehead atoms. The highest BCUT2D eigenvalue weighted by Gasteiger charge is 2.19. The highest BCUT2D eigenvalue weighted by molar-refractivity contribution is 7.98.